The van der Waals surface area contributed by atoms with Gasteiger partial charge in [-0.05, 0) is 32.2 Å². The molecule has 0 amide bonds. The molecule has 0 aliphatic heterocycles. The molecular formula is C13H16ClN3O2. The van der Waals surface area contributed by atoms with Gasteiger partial charge in [-0.3, -0.25) is 4.90 Å². The Bertz CT molecular complexity index is 544. The highest BCUT2D eigenvalue weighted by atomic mass is 35.5. The molecule has 5 nitrogen and oxygen atoms in total. The fourth-order valence-electron chi connectivity index (χ4n) is 1.56. The maximum Gasteiger partial charge on any atom is 0.247 e. The quantitative estimate of drug-likeness (QED) is 0.910. The zero-order valence-corrected chi connectivity index (χ0v) is 11.6. The Hall–Kier alpha value is -1.43. The predicted octanol–water partition coefficient (Wildman–Crippen LogP) is 2.20. The van der Waals surface area contributed by atoms with Crippen LogP contribution in [0, 0.1) is 0 Å². The number of rotatable bonds is 5. The number of hydrogen-bond donors (Lipinski definition) is 1. The molecule has 1 atom stereocenters. The lowest BCUT2D eigenvalue weighted by Gasteiger charge is -2.20. The first-order valence-corrected chi connectivity index (χ1v) is 6.37. The average molecular weight is 282 g/mol. The minimum Gasteiger partial charge on any atom is -0.419 e. The molecule has 0 aliphatic rings. The number of aliphatic hydroxyl groups excluding tert-OH is 1. The second-order valence-electron chi connectivity index (χ2n) is 4.46. The molecule has 6 heteroatoms. The van der Waals surface area contributed by atoms with E-state index in [9.17, 15) is 0 Å². The number of halogens is 1. The monoisotopic (exact) mass is 281 g/mol. The second kappa shape index (κ2) is 6.14. The molecule has 1 N–H and O–H groups in total. The van der Waals surface area contributed by atoms with E-state index in [0.717, 1.165) is 5.56 Å². The van der Waals surface area contributed by atoms with Crippen molar-refractivity contribution in [3.8, 4) is 11.5 Å². The van der Waals surface area contributed by atoms with Crippen LogP contribution in [0.1, 0.15) is 12.8 Å². The van der Waals surface area contributed by atoms with Gasteiger partial charge in [0, 0.05) is 16.6 Å². The molecule has 1 aromatic heterocycles. The third-order valence-corrected chi connectivity index (χ3v) is 3.17. The molecule has 1 unspecified atom stereocenters. The summed E-state index contributed by atoms with van der Waals surface area (Å²) >= 11 is 5.92. The van der Waals surface area contributed by atoms with Crippen molar-refractivity contribution in [2.75, 3.05) is 13.7 Å². The van der Waals surface area contributed by atoms with Crippen LogP contribution in [0.3, 0.4) is 0 Å². The number of hydrogen-bond acceptors (Lipinski definition) is 5. The van der Waals surface area contributed by atoms with Gasteiger partial charge in [0.05, 0.1) is 13.2 Å². The number of benzene rings is 1. The average Bonchev–Trinajstić information content (AvgIpc) is 2.86. The molecule has 1 aromatic carbocycles. The minimum atomic E-state index is 0.0431. The summed E-state index contributed by atoms with van der Waals surface area (Å²) in [5.41, 5.74) is 0.795. The molecule has 0 bridgehead atoms. The van der Waals surface area contributed by atoms with E-state index in [-0.39, 0.29) is 12.6 Å². The lowest BCUT2D eigenvalue weighted by Crippen LogP contribution is -2.31. The first-order chi connectivity index (χ1) is 9.10. The van der Waals surface area contributed by atoms with Gasteiger partial charge in [0.1, 0.15) is 0 Å². The van der Waals surface area contributed by atoms with E-state index in [2.05, 4.69) is 10.2 Å². The zero-order valence-electron chi connectivity index (χ0n) is 10.9. The van der Waals surface area contributed by atoms with E-state index in [4.69, 9.17) is 21.1 Å². The molecule has 0 spiro atoms. The molecule has 0 saturated carbocycles. The third-order valence-electron chi connectivity index (χ3n) is 2.94. The maximum absolute atomic E-state index is 9.07. The van der Waals surface area contributed by atoms with Gasteiger partial charge in [0.15, 0.2) is 0 Å². The van der Waals surface area contributed by atoms with Gasteiger partial charge in [0.2, 0.25) is 11.8 Å². The molecule has 1 heterocycles. The van der Waals surface area contributed by atoms with Gasteiger partial charge in [-0.15, -0.1) is 10.2 Å². The van der Waals surface area contributed by atoms with E-state index in [1.54, 1.807) is 12.1 Å². The fourth-order valence-corrected chi connectivity index (χ4v) is 1.75. The summed E-state index contributed by atoms with van der Waals surface area (Å²) in [6, 6.07) is 7.31. The van der Waals surface area contributed by atoms with Crippen LogP contribution in [0.25, 0.3) is 11.5 Å². The summed E-state index contributed by atoms with van der Waals surface area (Å²) in [4.78, 5) is 1.94. The van der Waals surface area contributed by atoms with Gasteiger partial charge in [-0.2, -0.15) is 0 Å². The van der Waals surface area contributed by atoms with Crippen molar-refractivity contribution < 1.29 is 9.52 Å². The highest BCUT2D eigenvalue weighted by Gasteiger charge is 2.14. The van der Waals surface area contributed by atoms with Crippen LogP contribution < -0.4 is 0 Å². The Kier molecular flexibility index (Phi) is 4.52. The molecule has 102 valence electrons. The van der Waals surface area contributed by atoms with Crippen molar-refractivity contribution in [3.05, 3.63) is 35.2 Å². The highest BCUT2D eigenvalue weighted by Crippen LogP contribution is 2.21. The Morgan fingerprint density at radius 2 is 2.21 bits per heavy atom. The largest absolute Gasteiger partial charge is 0.419 e. The molecule has 19 heavy (non-hydrogen) atoms. The van der Waals surface area contributed by atoms with Crippen LogP contribution in [-0.2, 0) is 6.54 Å². The van der Waals surface area contributed by atoms with E-state index < -0.39 is 0 Å². The Morgan fingerprint density at radius 3 is 2.89 bits per heavy atom. The molecule has 0 aliphatic carbocycles. The normalized spacial score (nSPS) is 12.9. The molecule has 0 fully saturated rings. The minimum absolute atomic E-state index is 0.0431. The Labute approximate surface area is 116 Å². The molecular weight excluding hydrogens is 266 g/mol. The maximum atomic E-state index is 9.07. The van der Waals surface area contributed by atoms with Crippen LogP contribution in [0.15, 0.2) is 28.7 Å². The van der Waals surface area contributed by atoms with E-state index >= 15 is 0 Å². The van der Waals surface area contributed by atoms with Crippen LogP contribution in [0.4, 0.5) is 0 Å². The predicted molar refractivity (Wildman–Crippen MR) is 72.8 cm³/mol. The van der Waals surface area contributed by atoms with Crippen LogP contribution >= 0.6 is 11.6 Å². The first kappa shape index (κ1) is 14.0. The van der Waals surface area contributed by atoms with E-state index in [1.807, 2.05) is 31.0 Å². The summed E-state index contributed by atoms with van der Waals surface area (Å²) in [5, 5.41) is 17.7. The van der Waals surface area contributed by atoms with Gasteiger partial charge >= 0.3 is 0 Å². The van der Waals surface area contributed by atoms with E-state index in [1.165, 1.54) is 0 Å². The van der Waals surface area contributed by atoms with Gasteiger partial charge in [0.25, 0.3) is 0 Å². The smallest absolute Gasteiger partial charge is 0.247 e. The van der Waals surface area contributed by atoms with Crippen LogP contribution in [0.5, 0.6) is 0 Å². The second-order valence-corrected chi connectivity index (χ2v) is 4.89. The number of aromatic nitrogens is 2. The Morgan fingerprint density at radius 1 is 1.42 bits per heavy atom. The number of nitrogens with zero attached hydrogens (tertiary/aromatic N) is 3. The lowest BCUT2D eigenvalue weighted by molar-refractivity contribution is 0.145. The standard InChI is InChI=1S/C13H16ClN3O2/c1-9(8-18)17(2)7-12-15-16-13(19-12)10-4-3-5-11(14)6-10/h3-6,9,18H,7-8H2,1-2H3. The van der Waals surface area contributed by atoms with Crippen LogP contribution in [0.2, 0.25) is 5.02 Å². The molecule has 2 aromatic rings. The van der Waals surface area contributed by atoms with Gasteiger partial charge in [-0.25, -0.2) is 0 Å². The third kappa shape index (κ3) is 3.53. The summed E-state index contributed by atoms with van der Waals surface area (Å²) in [6.07, 6.45) is 0. The lowest BCUT2D eigenvalue weighted by atomic mass is 10.2. The SMILES string of the molecule is CC(CO)N(C)Cc1nnc(-c2cccc(Cl)c2)o1. The summed E-state index contributed by atoms with van der Waals surface area (Å²) in [5.74, 6) is 0.959. The molecule has 2 rings (SSSR count). The van der Waals surface area contributed by atoms with Crippen molar-refractivity contribution in [2.45, 2.75) is 19.5 Å². The first-order valence-electron chi connectivity index (χ1n) is 5.99. The van der Waals surface area contributed by atoms with Crippen molar-refractivity contribution in [3.63, 3.8) is 0 Å². The van der Waals surface area contributed by atoms with Gasteiger partial charge in [-0.1, -0.05) is 17.7 Å². The summed E-state index contributed by atoms with van der Waals surface area (Å²) < 4.78 is 5.59. The van der Waals surface area contributed by atoms with Crippen LogP contribution in [-0.4, -0.2) is 39.9 Å². The van der Waals surface area contributed by atoms with E-state index in [0.29, 0.717) is 23.3 Å². The zero-order chi connectivity index (χ0) is 13.8. The van der Waals surface area contributed by atoms with Gasteiger partial charge < -0.3 is 9.52 Å². The highest BCUT2D eigenvalue weighted by molar-refractivity contribution is 6.30. The van der Waals surface area contributed by atoms with Crippen molar-refractivity contribution in [1.29, 1.82) is 0 Å². The fraction of sp³-hybridized carbons (Fsp3) is 0.385. The number of likely N-dealkylation sites (N-methyl/N-ethyl adjacent to an activating group) is 1. The summed E-state index contributed by atoms with van der Waals surface area (Å²) in [6.45, 7) is 2.51. The topological polar surface area (TPSA) is 62.4 Å². The van der Waals surface area contributed by atoms with Crippen molar-refractivity contribution >= 4 is 11.6 Å². The Balaban J connectivity index is 2.11. The van der Waals surface area contributed by atoms with Crippen molar-refractivity contribution in [2.24, 2.45) is 0 Å². The van der Waals surface area contributed by atoms with Crippen molar-refractivity contribution in [1.82, 2.24) is 15.1 Å². The summed E-state index contributed by atoms with van der Waals surface area (Å²) in [7, 11) is 1.89. The molecule has 0 saturated heterocycles. The molecule has 0 radical (unpaired) electrons. The number of aliphatic hydroxyl groups is 1.